The Balaban J connectivity index is 4.32. The van der Waals surface area contributed by atoms with Crippen LogP contribution in [0.25, 0.3) is 0 Å². The molecule has 0 aliphatic rings. The summed E-state index contributed by atoms with van der Waals surface area (Å²) in [5.41, 5.74) is 5.09. The maximum absolute atomic E-state index is 10.2. The van der Waals surface area contributed by atoms with Crippen molar-refractivity contribution in [3.8, 4) is 0 Å². The Bertz CT molecular complexity index is 188. The third-order valence-electron chi connectivity index (χ3n) is 1.18. The zero-order chi connectivity index (χ0) is 9.99. The molecule has 0 aliphatic carbocycles. The summed E-state index contributed by atoms with van der Waals surface area (Å²) in [6.07, 6.45) is 0.104. The average Bonchev–Trinajstić information content (AvgIpc) is 1.80. The van der Waals surface area contributed by atoms with E-state index in [0.717, 1.165) is 0 Å². The van der Waals surface area contributed by atoms with E-state index >= 15 is 0 Å². The lowest BCUT2D eigenvalue weighted by molar-refractivity contribution is -0.310. The first-order valence-corrected chi connectivity index (χ1v) is 4.68. The minimum atomic E-state index is -4.93. The van der Waals surface area contributed by atoms with Crippen LogP contribution in [0.4, 0.5) is 0 Å². The van der Waals surface area contributed by atoms with Gasteiger partial charge in [-0.1, -0.05) is 6.92 Å². The van der Waals surface area contributed by atoms with Gasteiger partial charge in [-0.25, -0.2) is 9.09 Å². The summed E-state index contributed by atoms with van der Waals surface area (Å²) in [4.78, 5) is 16.4. The minimum absolute atomic E-state index is 0.104. The molecule has 0 amide bonds. The van der Waals surface area contributed by atoms with E-state index in [1.54, 1.807) is 0 Å². The molecule has 7 nitrogen and oxygen atoms in total. The summed E-state index contributed by atoms with van der Waals surface area (Å²) in [6.45, 7) is 1.51. The van der Waals surface area contributed by atoms with Gasteiger partial charge >= 0.3 is 13.8 Å². The zero-order valence-corrected chi connectivity index (χ0v) is 7.31. The predicted octanol–water partition coefficient (Wildman–Crippen LogP) is -1.53. The van der Waals surface area contributed by atoms with Crippen molar-refractivity contribution in [2.45, 2.75) is 25.4 Å². The molecule has 8 heteroatoms. The molecule has 0 aromatic carbocycles. The molecule has 74 valence electrons. The molecule has 0 aromatic heterocycles. The van der Waals surface area contributed by atoms with Gasteiger partial charge in [0.2, 0.25) is 0 Å². The van der Waals surface area contributed by atoms with Gasteiger partial charge in [0.1, 0.15) is 0 Å². The fraction of sp³-hybridized carbons (Fsp3) is 1.00. The topological polar surface area (TPSA) is 133 Å². The number of nitrogens with two attached hydrogens (primary N) is 1. The van der Waals surface area contributed by atoms with E-state index in [-0.39, 0.29) is 6.42 Å². The van der Waals surface area contributed by atoms with Crippen molar-refractivity contribution >= 4 is 7.82 Å². The maximum atomic E-state index is 10.2. The van der Waals surface area contributed by atoms with E-state index in [1.165, 1.54) is 6.92 Å². The van der Waals surface area contributed by atoms with E-state index in [2.05, 4.69) is 4.52 Å². The molecule has 0 heterocycles. The summed E-state index contributed by atoms with van der Waals surface area (Å²) in [7, 11) is -4.93. The van der Waals surface area contributed by atoms with Crippen molar-refractivity contribution in [3.05, 3.63) is 0 Å². The first-order valence-electron chi connectivity index (χ1n) is 3.15. The van der Waals surface area contributed by atoms with Crippen molar-refractivity contribution in [2.24, 2.45) is 5.73 Å². The quantitative estimate of drug-likeness (QED) is 0.275. The predicted molar refractivity (Wildman–Crippen MR) is 38.6 cm³/mol. The third-order valence-corrected chi connectivity index (χ3v) is 1.68. The smallest absolute Gasteiger partial charge is 0.342 e. The third kappa shape index (κ3) is 4.13. The van der Waals surface area contributed by atoms with Crippen LogP contribution in [0, 0.1) is 0 Å². The van der Waals surface area contributed by atoms with Crippen LogP contribution >= 0.6 is 7.82 Å². The number of aliphatic hydroxyl groups is 2. The highest BCUT2D eigenvalue weighted by Crippen LogP contribution is 2.40. The van der Waals surface area contributed by atoms with Crippen molar-refractivity contribution in [2.75, 3.05) is 0 Å². The van der Waals surface area contributed by atoms with Crippen LogP contribution in [-0.2, 0) is 9.09 Å². The molecule has 0 spiro atoms. The highest BCUT2D eigenvalue weighted by molar-refractivity contribution is 7.46. The lowest BCUT2D eigenvalue weighted by Gasteiger charge is -2.26. The van der Waals surface area contributed by atoms with Gasteiger partial charge in [0.25, 0.3) is 0 Å². The Morgan fingerprint density at radius 3 is 2.25 bits per heavy atom. The number of hydrogen-bond donors (Lipinski definition) is 5. The van der Waals surface area contributed by atoms with Gasteiger partial charge in [0.05, 0.1) is 6.04 Å². The van der Waals surface area contributed by atoms with Crippen LogP contribution in [0.5, 0.6) is 0 Å². The molecule has 1 unspecified atom stereocenters. The molecule has 0 bridgehead atoms. The SMILES string of the molecule is CCC(N)C(O)(O)OP(=O)(O)O. The molecule has 0 aromatic rings. The fourth-order valence-electron chi connectivity index (χ4n) is 0.509. The van der Waals surface area contributed by atoms with Gasteiger partial charge in [-0.3, -0.25) is 0 Å². The van der Waals surface area contributed by atoms with Crippen LogP contribution in [-0.4, -0.2) is 32.0 Å². The molecule has 0 saturated heterocycles. The van der Waals surface area contributed by atoms with Crippen molar-refractivity contribution in [1.29, 1.82) is 0 Å². The van der Waals surface area contributed by atoms with Crippen LogP contribution in [0.2, 0.25) is 0 Å². The molecule has 0 fully saturated rings. The number of phosphoric acid groups is 1. The van der Waals surface area contributed by atoms with Crippen LogP contribution in [0.3, 0.4) is 0 Å². The highest BCUT2D eigenvalue weighted by Gasteiger charge is 2.38. The molecule has 1 atom stereocenters. The second-order valence-electron chi connectivity index (χ2n) is 2.26. The summed E-state index contributed by atoms with van der Waals surface area (Å²) >= 11 is 0. The second kappa shape index (κ2) is 3.80. The largest absolute Gasteiger partial charge is 0.474 e. The van der Waals surface area contributed by atoms with E-state index in [4.69, 9.17) is 25.7 Å². The molecule has 12 heavy (non-hydrogen) atoms. The van der Waals surface area contributed by atoms with E-state index in [0.29, 0.717) is 0 Å². The van der Waals surface area contributed by atoms with Crippen molar-refractivity contribution < 1.29 is 29.1 Å². The van der Waals surface area contributed by atoms with Gasteiger partial charge in [-0.2, -0.15) is 0 Å². The Morgan fingerprint density at radius 1 is 1.58 bits per heavy atom. The normalized spacial score (nSPS) is 16.2. The maximum Gasteiger partial charge on any atom is 0.474 e. The molecule has 6 N–H and O–H groups in total. The summed E-state index contributed by atoms with van der Waals surface area (Å²) < 4.78 is 13.8. The fourth-order valence-corrected chi connectivity index (χ4v) is 0.994. The molecule has 0 rings (SSSR count). The lowest BCUT2D eigenvalue weighted by atomic mass is 10.2. The minimum Gasteiger partial charge on any atom is -0.342 e. The van der Waals surface area contributed by atoms with Gasteiger partial charge < -0.3 is 25.7 Å². The summed E-state index contributed by atoms with van der Waals surface area (Å²) in [5.74, 6) is -2.99. The molecular formula is C4H12NO6P. The monoisotopic (exact) mass is 201 g/mol. The van der Waals surface area contributed by atoms with Crippen molar-refractivity contribution in [3.63, 3.8) is 0 Å². The molecule has 0 radical (unpaired) electrons. The summed E-state index contributed by atoms with van der Waals surface area (Å²) in [5, 5.41) is 17.7. The first kappa shape index (κ1) is 12.0. The van der Waals surface area contributed by atoms with Crippen molar-refractivity contribution in [1.82, 2.24) is 0 Å². The number of hydrogen-bond acceptors (Lipinski definition) is 5. The first-order chi connectivity index (χ1) is 5.19. The average molecular weight is 201 g/mol. The number of rotatable bonds is 4. The zero-order valence-electron chi connectivity index (χ0n) is 6.41. The van der Waals surface area contributed by atoms with E-state index in [1.807, 2.05) is 0 Å². The summed E-state index contributed by atoms with van der Waals surface area (Å²) in [6, 6.07) is -1.27. The lowest BCUT2D eigenvalue weighted by Crippen LogP contribution is -2.49. The van der Waals surface area contributed by atoms with E-state index < -0.39 is 19.8 Å². The van der Waals surface area contributed by atoms with E-state index in [9.17, 15) is 4.57 Å². The number of phosphoric ester groups is 1. The Morgan fingerprint density at radius 2 is 2.00 bits per heavy atom. The van der Waals surface area contributed by atoms with Gasteiger partial charge in [0, 0.05) is 0 Å². The Labute approximate surface area is 69.0 Å². The van der Waals surface area contributed by atoms with Gasteiger partial charge in [-0.05, 0) is 6.42 Å². The van der Waals surface area contributed by atoms with Gasteiger partial charge in [-0.15, -0.1) is 0 Å². The molecule has 0 aliphatic heterocycles. The Kier molecular flexibility index (Phi) is 3.80. The van der Waals surface area contributed by atoms with Crippen LogP contribution in [0.15, 0.2) is 0 Å². The highest BCUT2D eigenvalue weighted by atomic mass is 31.2. The van der Waals surface area contributed by atoms with Gasteiger partial charge in [0.15, 0.2) is 0 Å². The Hall–Kier alpha value is -0.0100. The molecular weight excluding hydrogens is 189 g/mol. The second-order valence-corrected chi connectivity index (χ2v) is 3.42. The molecule has 0 saturated carbocycles. The van der Waals surface area contributed by atoms with Crippen LogP contribution in [0.1, 0.15) is 13.3 Å². The standard InChI is InChI=1S/C4H12NO6P/c1-2-3(5)4(6,7)11-12(8,9)10/h3,6-7H,2,5H2,1H3,(H2,8,9,10). The van der Waals surface area contributed by atoms with Crippen LogP contribution < -0.4 is 5.73 Å².